The number of fused-ring (bicyclic) bond motifs is 3. The Morgan fingerprint density at radius 2 is 2.04 bits per heavy atom. The van der Waals surface area contributed by atoms with Gasteiger partial charge in [-0.3, -0.25) is 10.1 Å². The number of anilines is 2. The fraction of sp³-hybridized carbons (Fsp3) is 0.125. The van der Waals surface area contributed by atoms with Crippen molar-refractivity contribution in [1.29, 1.82) is 0 Å². The molecule has 7 nitrogen and oxygen atoms in total. The summed E-state index contributed by atoms with van der Waals surface area (Å²) in [6.45, 7) is 0. The Morgan fingerprint density at radius 3 is 2.80 bits per heavy atom. The summed E-state index contributed by atoms with van der Waals surface area (Å²) in [4.78, 5) is 26.6. The van der Waals surface area contributed by atoms with Gasteiger partial charge in [-0.1, -0.05) is 35.1 Å². The zero-order valence-corrected chi connectivity index (χ0v) is 14.9. The largest absolute Gasteiger partial charge is 0.371 e. The molecule has 0 aliphatic carbocycles. The summed E-state index contributed by atoms with van der Waals surface area (Å²) in [6, 6.07) is 6.88. The van der Waals surface area contributed by atoms with Gasteiger partial charge in [-0.05, 0) is 12.1 Å². The third-order valence-corrected chi connectivity index (χ3v) is 4.98. The van der Waals surface area contributed by atoms with E-state index in [1.54, 1.807) is 37.6 Å². The first kappa shape index (κ1) is 15.8. The normalized spacial score (nSPS) is 11.2. The highest BCUT2D eigenvalue weighted by Crippen LogP contribution is 2.33. The van der Waals surface area contributed by atoms with Gasteiger partial charge >= 0.3 is 0 Å². The second-order valence-corrected chi connectivity index (χ2v) is 6.75. The number of thiazole rings is 1. The molecule has 9 heteroatoms. The van der Waals surface area contributed by atoms with Crippen LogP contribution in [0.25, 0.3) is 21.4 Å². The van der Waals surface area contributed by atoms with E-state index in [4.69, 9.17) is 11.6 Å². The van der Waals surface area contributed by atoms with Gasteiger partial charge in [-0.25, -0.2) is 15.0 Å². The van der Waals surface area contributed by atoms with Crippen LogP contribution in [0.15, 0.2) is 30.6 Å². The maximum atomic E-state index is 12.4. The van der Waals surface area contributed by atoms with Gasteiger partial charge in [0.15, 0.2) is 10.9 Å². The van der Waals surface area contributed by atoms with E-state index in [1.807, 2.05) is 11.6 Å². The molecule has 0 atom stereocenters. The number of nitrogens with one attached hydrogen (secondary N) is 2. The molecule has 0 saturated heterocycles. The number of rotatable bonds is 3. The number of halogens is 1. The lowest BCUT2D eigenvalue weighted by Gasteiger charge is -2.02. The highest BCUT2D eigenvalue weighted by Gasteiger charge is 2.18. The molecule has 0 unspecified atom stereocenters. The molecule has 0 saturated carbocycles. The Labute approximate surface area is 151 Å². The molecule has 0 aliphatic rings. The fourth-order valence-electron chi connectivity index (χ4n) is 2.62. The molecule has 1 aromatic carbocycles. The average molecular weight is 373 g/mol. The lowest BCUT2D eigenvalue weighted by molar-refractivity contribution is 0.102. The third kappa shape index (κ3) is 2.59. The van der Waals surface area contributed by atoms with Crippen LogP contribution in [0, 0.1) is 0 Å². The first-order valence-electron chi connectivity index (χ1n) is 7.43. The van der Waals surface area contributed by atoms with E-state index in [2.05, 4.69) is 25.6 Å². The molecule has 0 bridgehead atoms. The predicted molar refractivity (Wildman–Crippen MR) is 101 cm³/mol. The molecule has 25 heavy (non-hydrogen) atoms. The van der Waals surface area contributed by atoms with Crippen molar-refractivity contribution in [3.8, 4) is 0 Å². The van der Waals surface area contributed by atoms with E-state index in [-0.39, 0.29) is 5.91 Å². The molecule has 2 N–H and O–H groups in total. The fourth-order valence-corrected chi connectivity index (χ4v) is 3.68. The molecule has 126 valence electrons. The van der Waals surface area contributed by atoms with E-state index in [0.29, 0.717) is 27.1 Å². The number of aromatic nitrogens is 4. The molecule has 1 amide bonds. The van der Waals surface area contributed by atoms with Gasteiger partial charge in [-0.15, -0.1) is 0 Å². The highest BCUT2D eigenvalue weighted by atomic mass is 35.5. The van der Waals surface area contributed by atoms with Crippen molar-refractivity contribution in [2.75, 3.05) is 17.7 Å². The number of amides is 1. The summed E-state index contributed by atoms with van der Waals surface area (Å²) in [5.74, 6) is 0.371. The predicted octanol–water partition coefficient (Wildman–Crippen LogP) is 3.53. The lowest BCUT2D eigenvalue weighted by Crippen LogP contribution is -2.12. The second kappa shape index (κ2) is 5.98. The molecular formula is C16H13ClN6OS. The molecule has 3 heterocycles. The van der Waals surface area contributed by atoms with Gasteiger partial charge in [0.25, 0.3) is 5.91 Å². The Bertz CT molecular complexity index is 1120. The second-order valence-electron chi connectivity index (χ2n) is 5.37. The number of pyridine rings is 1. The van der Waals surface area contributed by atoms with Crippen LogP contribution >= 0.6 is 22.9 Å². The van der Waals surface area contributed by atoms with E-state index in [1.165, 1.54) is 11.3 Å². The van der Waals surface area contributed by atoms with Crippen molar-refractivity contribution in [3.63, 3.8) is 0 Å². The molecule has 0 fully saturated rings. The lowest BCUT2D eigenvalue weighted by atomic mass is 10.2. The standard InChI is InChI=1S/C16H13ClN6OS/c1-18-13-10-12(23(2)7-19-10)11-15(21-13)25-16(20-11)22-14(24)8-5-3-4-6-9(8)17/h3-7H,1-2H3,(H,18,21)(H,20,22,24). The summed E-state index contributed by atoms with van der Waals surface area (Å²) in [7, 11) is 3.69. The van der Waals surface area contributed by atoms with Gasteiger partial charge in [-0.2, -0.15) is 0 Å². The maximum Gasteiger partial charge on any atom is 0.258 e. The summed E-state index contributed by atoms with van der Waals surface area (Å²) in [5.41, 5.74) is 2.71. The first-order chi connectivity index (χ1) is 12.1. The Kier molecular flexibility index (Phi) is 3.78. The van der Waals surface area contributed by atoms with Crippen molar-refractivity contribution in [2.24, 2.45) is 7.05 Å². The number of aryl methyl sites for hydroxylation is 1. The summed E-state index contributed by atoms with van der Waals surface area (Å²) < 4.78 is 1.89. The molecule has 0 spiro atoms. The van der Waals surface area contributed by atoms with E-state index in [0.717, 1.165) is 15.9 Å². The Hall–Kier alpha value is -2.71. The molecule has 3 aromatic heterocycles. The van der Waals surface area contributed by atoms with Crippen LogP contribution < -0.4 is 10.6 Å². The van der Waals surface area contributed by atoms with E-state index < -0.39 is 0 Å². The van der Waals surface area contributed by atoms with Crippen LogP contribution in [0.3, 0.4) is 0 Å². The van der Waals surface area contributed by atoms with Gasteiger partial charge in [0.1, 0.15) is 21.4 Å². The molecule has 4 rings (SSSR count). The third-order valence-electron chi connectivity index (χ3n) is 3.78. The van der Waals surface area contributed by atoms with Crippen LogP contribution in [-0.2, 0) is 7.05 Å². The minimum atomic E-state index is -0.306. The molecule has 0 aliphatic heterocycles. The number of carbonyl (C=O) groups excluding carboxylic acids is 1. The number of carbonyl (C=O) groups is 1. The smallest absolute Gasteiger partial charge is 0.258 e. The first-order valence-corrected chi connectivity index (χ1v) is 8.63. The van der Waals surface area contributed by atoms with Crippen LogP contribution in [0.4, 0.5) is 10.9 Å². The number of nitrogens with zero attached hydrogens (tertiary/aromatic N) is 4. The van der Waals surface area contributed by atoms with Crippen LogP contribution in [-0.4, -0.2) is 32.5 Å². The monoisotopic (exact) mass is 372 g/mol. The van der Waals surface area contributed by atoms with Gasteiger partial charge in [0, 0.05) is 14.1 Å². The number of benzene rings is 1. The Balaban J connectivity index is 1.79. The van der Waals surface area contributed by atoms with Crippen LogP contribution in [0.2, 0.25) is 5.02 Å². The molecule has 4 aromatic rings. The zero-order chi connectivity index (χ0) is 17.6. The topological polar surface area (TPSA) is 84.7 Å². The van der Waals surface area contributed by atoms with Gasteiger partial charge in [0.2, 0.25) is 0 Å². The van der Waals surface area contributed by atoms with Gasteiger partial charge in [0.05, 0.1) is 16.9 Å². The quantitative estimate of drug-likeness (QED) is 0.574. The summed E-state index contributed by atoms with van der Waals surface area (Å²) >= 11 is 7.38. The molecule has 0 radical (unpaired) electrons. The van der Waals surface area contributed by atoms with Crippen molar-refractivity contribution in [2.45, 2.75) is 0 Å². The van der Waals surface area contributed by atoms with Crippen LogP contribution in [0.1, 0.15) is 10.4 Å². The minimum Gasteiger partial charge on any atom is -0.371 e. The Morgan fingerprint density at radius 1 is 1.24 bits per heavy atom. The van der Waals surface area contributed by atoms with Crippen molar-refractivity contribution < 1.29 is 4.79 Å². The number of hydrogen-bond donors (Lipinski definition) is 2. The van der Waals surface area contributed by atoms with Crippen molar-refractivity contribution >= 4 is 61.2 Å². The maximum absolute atomic E-state index is 12.4. The summed E-state index contributed by atoms with van der Waals surface area (Å²) in [5, 5.41) is 6.70. The van der Waals surface area contributed by atoms with Crippen LogP contribution in [0.5, 0.6) is 0 Å². The van der Waals surface area contributed by atoms with Crippen molar-refractivity contribution in [1.82, 2.24) is 19.5 Å². The number of hydrogen-bond acceptors (Lipinski definition) is 6. The van der Waals surface area contributed by atoms with Gasteiger partial charge < -0.3 is 9.88 Å². The minimum absolute atomic E-state index is 0.306. The van der Waals surface area contributed by atoms with E-state index >= 15 is 0 Å². The average Bonchev–Trinajstić information content (AvgIpc) is 3.17. The highest BCUT2D eigenvalue weighted by molar-refractivity contribution is 7.22. The summed E-state index contributed by atoms with van der Waals surface area (Å²) in [6.07, 6.45) is 1.72. The zero-order valence-electron chi connectivity index (χ0n) is 13.4. The van der Waals surface area contributed by atoms with E-state index in [9.17, 15) is 4.79 Å². The molecular weight excluding hydrogens is 360 g/mol. The number of imidazole rings is 1. The SMILES string of the molecule is CNc1nc2sc(NC(=O)c3ccccc3Cl)nc2c2c1ncn2C. The van der Waals surface area contributed by atoms with Crippen molar-refractivity contribution in [3.05, 3.63) is 41.2 Å².